The fourth-order valence-electron chi connectivity index (χ4n) is 2.68. The highest BCUT2D eigenvalue weighted by molar-refractivity contribution is 8.00. The minimum absolute atomic E-state index is 0.0412. The van der Waals surface area contributed by atoms with E-state index < -0.39 is 0 Å². The average molecular weight is 349 g/mol. The molecule has 1 atom stereocenters. The molecule has 0 aromatic heterocycles. The van der Waals surface area contributed by atoms with Gasteiger partial charge < -0.3 is 15.4 Å². The summed E-state index contributed by atoms with van der Waals surface area (Å²) >= 11 is 1.68. The summed E-state index contributed by atoms with van der Waals surface area (Å²) in [5.41, 5.74) is 2.16. The van der Waals surface area contributed by atoms with Crippen LogP contribution < -0.4 is 10.6 Å². The number of hydrogen-bond donors (Lipinski definition) is 2. The van der Waals surface area contributed by atoms with Gasteiger partial charge in [-0.05, 0) is 36.9 Å². The zero-order chi connectivity index (χ0) is 17.0. The third-order valence-corrected chi connectivity index (χ3v) is 5.20. The molecule has 0 fully saturated rings. The van der Waals surface area contributed by atoms with E-state index in [1.807, 2.05) is 18.2 Å². The number of carbonyl (C=O) groups is 1. The van der Waals surface area contributed by atoms with Gasteiger partial charge in [0, 0.05) is 25.4 Å². The predicted molar refractivity (Wildman–Crippen MR) is 101 cm³/mol. The molecule has 0 bridgehead atoms. The van der Waals surface area contributed by atoms with Crippen LogP contribution in [0.1, 0.15) is 35.6 Å². The number of benzene rings is 1. The van der Waals surface area contributed by atoms with E-state index in [1.165, 1.54) is 12.8 Å². The summed E-state index contributed by atoms with van der Waals surface area (Å²) in [7, 11) is 0. The molecule has 0 saturated heterocycles. The second kappa shape index (κ2) is 11.3. The highest BCUT2D eigenvalue weighted by atomic mass is 32.2. The summed E-state index contributed by atoms with van der Waals surface area (Å²) in [5, 5.41) is 6.18. The Morgan fingerprint density at radius 1 is 1.33 bits per heavy atom. The Morgan fingerprint density at radius 2 is 2.21 bits per heavy atom. The third kappa shape index (κ3) is 6.30. The molecule has 1 aliphatic heterocycles. The number of fused-ring (bicyclic) bond motifs is 1. The second-order valence-electron chi connectivity index (χ2n) is 5.85. The molecule has 0 radical (unpaired) electrons. The van der Waals surface area contributed by atoms with Gasteiger partial charge in [0.25, 0.3) is 0 Å². The minimum atomic E-state index is -0.213. The highest BCUT2D eigenvalue weighted by Crippen LogP contribution is 2.31. The first-order valence-electron chi connectivity index (χ1n) is 8.69. The van der Waals surface area contributed by atoms with Crippen LogP contribution in [-0.2, 0) is 16.1 Å². The zero-order valence-corrected chi connectivity index (χ0v) is 15.1. The number of ether oxygens (including phenoxy) is 1. The molecule has 0 spiro atoms. The van der Waals surface area contributed by atoms with Crippen LogP contribution in [0.25, 0.3) is 0 Å². The maximum atomic E-state index is 12.6. The first-order chi connectivity index (χ1) is 11.8. The van der Waals surface area contributed by atoms with Crippen molar-refractivity contribution in [2.75, 3.05) is 32.0 Å². The number of nitrogens with one attached hydrogen (secondary N) is 2. The van der Waals surface area contributed by atoms with Gasteiger partial charge in [0.1, 0.15) is 5.25 Å². The van der Waals surface area contributed by atoms with Crippen LogP contribution in [0.15, 0.2) is 36.9 Å². The normalized spacial score (nSPS) is 20.4. The largest absolute Gasteiger partial charge is 0.377 e. The van der Waals surface area contributed by atoms with Crippen LogP contribution in [0, 0.1) is 0 Å². The lowest BCUT2D eigenvalue weighted by molar-refractivity contribution is -0.120. The molecule has 2 rings (SSSR count). The van der Waals surface area contributed by atoms with E-state index in [1.54, 1.807) is 17.8 Å². The van der Waals surface area contributed by atoms with E-state index in [4.69, 9.17) is 4.74 Å². The highest BCUT2D eigenvalue weighted by Gasteiger charge is 2.23. The fourth-order valence-corrected chi connectivity index (χ4v) is 3.82. The number of carbonyl (C=O) groups excluding carboxylic acids is 1. The quantitative estimate of drug-likeness (QED) is 0.825. The molecule has 24 heavy (non-hydrogen) atoms. The Hall–Kier alpha value is -1.30. The first-order valence-corrected chi connectivity index (χ1v) is 9.74. The van der Waals surface area contributed by atoms with Crippen molar-refractivity contribution in [1.82, 2.24) is 10.6 Å². The molecule has 5 heteroatoms. The molecule has 4 nitrogen and oxygen atoms in total. The van der Waals surface area contributed by atoms with Gasteiger partial charge in [-0.2, -0.15) is 0 Å². The van der Waals surface area contributed by atoms with Gasteiger partial charge in [-0.15, -0.1) is 18.3 Å². The lowest BCUT2D eigenvalue weighted by Crippen LogP contribution is -2.29. The van der Waals surface area contributed by atoms with Gasteiger partial charge in [-0.3, -0.25) is 4.79 Å². The molecule has 1 aromatic rings. The Kier molecular flexibility index (Phi) is 8.95. The van der Waals surface area contributed by atoms with E-state index in [2.05, 4.69) is 23.3 Å². The van der Waals surface area contributed by atoms with Crippen molar-refractivity contribution >= 4 is 17.7 Å². The molecule has 1 unspecified atom stereocenters. The number of hydrogen-bond acceptors (Lipinski definition) is 4. The monoisotopic (exact) mass is 348 g/mol. The lowest BCUT2D eigenvalue weighted by atomic mass is 10.0. The van der Waals surface area contributed by atoms with Crippen LogP contribution in [0.4, 0.5) is 0 Å². The average Bonchev–Trinajstić information content (AvgIpc) is 2.61. The number of rotatable bonds is 3. The fraction of sp³-hybridized carbons (Fsp3) is 0.526. The molecule has 1 heterocycles. The van der Waals surface area contributed by atoms with Gasteiger partial charge in [-0.1, -0.05) is 30.3 Å². The van der Waals surface area contributed by atoms with E-state index in [0.29, 0.717) is 13.2 Å². The van der Waals surface area contributed by atoms with Gasteiger partial charge in [0.15, 0.2) is 0 Å². The Balaban J connectivity index is 2.15. The van der Waals surface area contributed by atoms with Gasteiger partial charge in [0.2, 0.25) is 5.91 Å². The predicted octanol–water partition coefficient (Wildman–Crippen LogP) is 3.05. The van der Waals surface area contributed by atoms with Crippen molar-refractivity contribution in [3.63, 3.8) is 0 Å². The second-order valence-corrected chi connectivity index (χ2v) is 7.06. The van der Waals surface area contributed by atoms with Crippen molar-refractivity contribution < 1.29 is 9.53 Å². The Bertz CT molecular complexity index is 522. The van der Waals surface area contributed by atoms with Gasteiger partial charge >= 0.3 is 0 Å². The van der Waals surface area contributed by atoms with Crippen LogP contribution in [-0.4, -0.2) is 37.9 Å². The van der Waals surface area contributed by atoms with Crippen molar-refractivity contribution in [3.8, 4) is 0 Å². The molecule has 132 valence electrons. The summed E-state index contributed by atoms with van der Waals surface area (Å²) in [5.74, 6) is 0.945. The molecule has 1 aromatic carbocycles. The molecule has 1 amide bonds. The smallest absolute Gasteiger partial charge is 0.237 e. The zero-order valence-electron chi connectivity index (χ0n) is 14.3. The summed E-state index contributed by atoms with van der Waals surface area (Å²) in [6.07, 6.45) is 5.16. The van der Waals surface area contributed by atoms with Crippen LogP contribution >= 0.6 is 11.8 Å². The van der Waals surface area contributed by atoms with Crippen LogP contribution in [0.5, 0.6) is 0 Å². The maximum absolute atomic E-state index is 12.6. The molecular weight excluding hydrogens is 320 g/mol. The van der Waals surface area contributed by atoms with E-state index in [0.717, 1.165) is 43.0 Å². The van der Waals surface area contributed by atoms with Crippen molar-refractivity contribution in [2.24, 2.45) is 0 Å². The summed E-state index contributed by atoms with van der Waals surface area (Å²) in [6.45, 7) is 7.47. The SMILES string of the molecule is C=CCNC(=O)C1SCCNCCCCCOCc2ccccc21. The number of thioether (sulfide) groups is 1. The topological polar surface area (TPSA) is 50.4 Å². The van der Waals surface area contributed by atoms with Crippen LogP contribution in [0.3, 0.4) is 0 Å². The summed E-state index contributed by atoms with van der Waals surface area (Å²) in [6, 6.07) is 8.11. The van der Waals surface area contributed by atoms with Crippen LogP contribution in [0.2, 0.25) is 0 Å². The maximum Gasteiger partial charge on any atom is 0.237 e. The molecule has 0 saturated carbocycles. The minimum Gasteiger partial charge on any atom is -0.377 e. The summed E-state index contributed by atoms with van der Waals surface area (Å²) < 4.78 is 5.84. The van der Waals surface area contributed by atoms with Crippen molar-refractivity contribution in [2.45, 2.75) is 31.1 Å². The van der Waals surface area contributed by atoms with E-state index in [-0.39, 0.29) is 11.2 Å². The summed E-state index contributed by atoms with van der Waals surface area (Å²) in [4.78, 5) is 12.6. The molecular formula is C19H28N2O2S. The lowest BCUT2D eigenvalue weighted by Gasteiger charge is -2.20. The van der Waals surface area contributed by atoms with Gasteiger partial charge in [0.05, 0.1) is 6.61 Å². The molecule has 1 aliphatic rings. The Labute approximate surface area is 149 Å². The Morgan fingerprint density at radius 3 is 3.08 bits per heavy atom. The van der Waals surface area contributed by atoms with Crippen molar-refractivity contribution in [1.29, 1.82) is 0 Å². The van der Waals surface area contributed by atoms with E-state index in [9.17, 15) is 4.79 Å². The standard InChI is InChI=1S/C19H28N2O2S/c1-2-10-21-19(22)18-17-9-5-4-8-16(17)15-23-13-7-3-6-11-20-12-14-24-18/h2,4-5,8-9,18,20H,1,3,6-7,10-15H2,(H,21,22). The molecule has 0 aliphatic carbocycles. The molecule has 2 N–H and O–H groups in total. The first kappa shape index (κ1) is 19.0. The van der Waals surface area contributed by atoms with Gasteiger partial charge in [-0.25, -0.2) is 0 Å². The van der Waals surface area contributed by atoms with Crippen molar-refractivity contribution in [3.05, 3.63) is 48.0 Å². The van der Waals surface area contributed by atoms with E-state index >= 15 is 0 Å². The number of amides is 1. The third-order valence-electron chi connectivity index (χ3n) is 3.96.